The number of nitriles is 1. The van der Waals surface area contributed by atoms with Gasteiger partial charge in [0.1, 0.15) is 0 Å². The van der Waals surface area contributed by atoms with Crippen molar-refractivity contribution in [1.29, 1.82) is 5.26 Å². The molecule has 1 aliphatic rings. The zero-order valence-corrected chi connectivity index (χ0v) is 10.0. The van der Waals surface area contributed by atoms with Gasteiger partial charge in [0, 0.05) is 12.2 Å². The van der Waals surface area contributed by atoms with E-state index >= 15 is 0 Å². The molecule has 6 heteroatoms. The summed E-state index contributed by atoms with van der Waals surface area (Å²) in [7, 11) is 0. The third kappa shape index (κ3) is 3.38. The van der Waals surface area contributed by atoms with Gasteiger partial charge >= 0.3 is 6.18 Å². The Balaban J connectivity index is 2.17. The van der Waals surface area contributed by atoms with Crippen LogP contribution in [0.4, 0.5) is 18.9 Å². The first kappa shape index (κ1) is 13.7. The Morgan fingerprint density at radius 3 is 2.63 bits per heavy atom. The van der Waals surface area contributed by atoms with Crippen LogP contribution < -0.4 is 5.32 Å². The molecule has 0 saturated heterocycles. The van der Waals surface area contributed by atoms with E-state index in [9.17, 15) is 18.3 Å². The standard InChI is InChI=1S/C13H13F3N2O/c14-13(15,16)10-4-1-8(6-17)5-11(10)18-7-12(19)9-2-3-9/h1,4-5,9,12,18-19H,2-3,7H2/t12-/m0/s1. The van der Waals surface area contributed by atoms with Crippen molar-refractivity contribution in [2.24, 2.45) is 5.92 Å². The van der Waals surface area contributed by atoms with E-state index in [-0.39, 0.29) is 23.7 Å². The van der Waals surface area contributed by atoms with Crippen LogP contribution in [0, 0.1) is 17.2 Å². The van der Waals surface area contributed by atoms with Gasteiger partial charge in [0.05, 0.1) is 23.3 Å². The number of rotatable bonds is 4. The van der Waals surface area contributed by atoms with Gasteiger partial charge in [0.15, 0.2) is 0 Å². The van der Waals surface area contributed by atoms with Crippen LogP contribution in [0.1, 0.15) is 24.0 Å². The van der Waals surface area contributed by atoms with Gasteiger partial charge in [-0.25, -0.2) is 0 Å². The SMILES string of the molecule is N#Cc1ccc(C(F)(F)F)c(NC[C@H](O)C2CC2)c1. The minimum Gasteiger partial charge on any atom is -0.391 e. The number of hydrogen-bond donors (Lipinski definition) is 2. The molecule has 0 radical (unpaired) electrons. The summed E-state index contributed by atoms with van der Waals surface area (Å²) < 4.78 is 38.4. The normalized spacial score (nSPS) is 16.8. The van der Waals surface area contributed by atoms with Crippen molar-refractivity contribution in [2.75, 3.05) is 11.9 Å². The monoisotopic (exact) mass is 270 g/mol. The minimum atomic E-state index is -4.49. The largest absolute Gasteiger partial charge is 0.418 e. The Kier molecular flexibility index (Phi) is 3.67. The van der Waals surface area contributed by atoms with E-state index in [1.165, 1.54) is 0 Å². The lowest BCUT2D eigenvalue weighted by Gasteiger charge is -2.17. The van der Waals surface area contributed by atoms with Crippen molar-refractivity contribution in [1.82, 2.24) is 0 Å². The van der Waals surface area contributed by atoms with Gasteiger partial charge in [-0.3, -0.25) is 0 Å². The van der Waals surface area contributed by atoms with E-state index in [0.717, 1.165) is 31.0 Å². The quantitative estimate of drug-likeness (QED) is 0.884. The zero-order valence-electron chi connectivity index (χ0n) is 10.0. The number of benzene rings is 1. The topological polar surface area (TPSA) is 56.0 Å². The first-order chi connectivity index (χ1) is 8.91. The second-order valence-electron chi connectivity index (χ2n) is 4.66. The molecule has 2 rings (SSSR count). The second-order valence-corrected chi connectivity index (χ2v) is 4.66. The average molecular weight is 270 g/mol. The van der Waals surface area contributed by atoms with Crippen LogP contribution in [0.2, 0.25) is 0 Å². The van der Waals surface area contributed by atoms with Crippen LogP contribution in [0.5, 0.6) is 0 Å². The molecule has 19 heavy (non-hydrogen) atoms. The van der Waals surface area contributed by atoms with Crippen molar-refractivity contribution < 1.29 is 18.3 Å². The van der Waals surface area contributed by atoms with Crippen molar-refractivity contribution in [3.05, 3.63) is 29.3 Å². The molecular weight excluding hydrogens is 257 g/mol. The number of anilines is 1. The number of nitrogens with zero attached hydrogens (tertiary/aromatic N) is 1. The summed E-state index contributed by atoms with van der Waals surface area (Å²) in [6.07, 6.45) is -3.31. The molecule has 0 aliphatic heterocycles. The molecule has 1 aromatic carbocycles. The van der Waals surface area contributed by atoms with E-state index in [1.54, 1.807) is 6.07 Å². The third-order valence-electron chi connectivity index (χ3n) is 3.12. The summed E-state index contributed by atoms with van der Waals surface area (Å²) in [5.74, 6) is 0.181. The highest BCUT2D eigenvalue weighted by molar-refractivity contribution is 5.57. The van der Waals surface area contributed by atoms with Crippen LogP contribution >= 0.6 is 0 Å². The van der Waals surface area contributed by atoms with Gasteiger partial charge in [-0.1, -0.05) is 0 Å². The second kappa shape index (κ2) is 5.10. The maximum absolute atomic E-state index is 12.8. The van der Waals surface area contributed by atoms with Crippen LogP contribution in [-0.2, 0) is 6.18 Å². The molecule has 1 fully saturated rings. The Morgan fingerprint density at radius 2 is 2.11 bits per heavy atom. The molecule has 1 atom stereocenters. The fraction of sp³-hybridized carbons (Fsp3) is 0.462. The van der Waals surface area contributed by atoms with E-state index < -0.39 is 17.8 Å². The summed E-state index contributed by atoms with van der Waals surface area (Å²) in [6, 6.07) is 4.96. The zero-order chi connectivity index (χ0) is 14.0. The molecule has 1 saturated carbocycles. The van der Waals surface area contributed by atoms with Gasteiger partial charge < -0.3 is 10.4 Å². The van der Waals surface area contributed by atoms with E-state index in [0.29, 0.717) is 0 Å². The maximum atomic E-state index is 12.8. The lowest BCUT2D eigenvalue weighted by atomic mass is 10.1. The summed E-state index contributed by atoms with van der Waals surface area (Å²) in [6.45, 7) is 0.0582. The highest BCUT2D eigenvalue weighted by atomic mass is 19.4. The van der Waals surface area contributed by atoms with Crippen molar-refractivity contribution >= 4 is 5.69 Å². The highest BCUT2D eigenvalue weighted by Gasteiger charge is 2.34. The summed E-state index contributed by atoms with van der Waals surface area (Å²) in [5, 5.41) is 21.0. The molecule has 1 aromatic rings. The summed E-state index contributed by atoms with van der Waals surface area (Å²) >= 11 is 0. The summed E-state index contributed by atoms with van der Waals surface area (Å²) in [4.78, 5) is 0. The molecule has 102 valence electrons. The predicted molar refractivity (Wildman–Crippen MR) is 63.4 cm³/mol. The number of aliphatic hydroxyl groups excluding tert-OH is 1. The van der Waals surface area contributed by atoms with Gasteiger partial charge in [-0.15, -0.1) is 0 Å². The van der Waals surface area contributed by atoms with Gasteiger partial charge in [-0.2, -0.15) is 18.4 Å². The molecule has 0 bridgehead atoms. The first-order valence-corrected chi connectivity index (χ1v) is 5.95. The molecule has 0 aromatic heterocycles. The number of hydrogen-bond acceptors (Lipinski definition) is 3. The molecule has 0 heterocycles. The first-order valence-electron chi connectivity index (χ1n) is 5.95. The summed E-state index contributed by atoms with van der Waals surface area (Å²) in [5.41, 5.74) is -0.836. The van der Waals surface area contributed by atoms with E-state index in [4.69, 9.17) is 5.26 Å². The molecule has 2 N–H and O–H groups in total. The smallest absolute Gasteiger partial charge is 0.391 e. The number of nitrogens with one attached hydrogen (secondary N) is 1. The fourth-order valence-corrected chi connectivity index (χ4v) is 1.87. The Bertz CT molecular complexity index is 504. The fourth-order valence-electron chi connectivity index (χ4n) is 1.87. The van der Waals surface area contributed by atoms with Crippen LogP contribution in [-0.4, -0.2) is 17.8 Å². The predicted octanol–water partition coefficient (Wildman–Crippen LogP) is 2.76. The van der Waals surface area contributed by atoms with Crippen molar-refractivity contribution in [3.63, 3.8) is 0 Å². The number of alkyl halides is 3. The Hall–Kier alpha value is -1.74. The molecule has 0 spiro atoms. The third-order valence-corrected chi connectivity index (χ3v) is 3.12. The van der Waals surface area contributed by atoms with Gasteiger partial charge in [0.25, 0.3) is 0 Å². The van der Waals surface area contributed by atoms with Crippen molar-refractivity contribution in [3.8, 4) is 6.07 Å². The van der Waals surface area contributed by atoms with E-state index in [1.807, 2.05) is 0 Å². The lowest BCUT2D eigenvalue weighted by molar-refractivity contribution is -0.137. The maximum Gasteiger partial charge on any atom is 0.418 e. The molecule has 1 aliphatic carbocycles. The van der Waals surface area contributed by atoms with Crippen LogP contribution in [0.3, 0.4) is 0 Å². The minimum absolute atomic E-state index is 0.0582. The molecular formula is C13H13F3N2O. The van der Waals surface area contributed by atoms with Crippen molar-refractivity contribution in [2.45, 2.75) is 25.1 Å². The highest BCUT2D eigenvalue weighted by Crippen LogP contribution is 2.36. The number of halogens is 3. The van der Waals surface area contributed by atoms with E-state index in [2.05, 4.69) is 5.32 Å². The Morgan fingerprint density at radius 1 is 1.42 bits per heavy atom. The van der Waals surface area contributed by atoms with Crippen LogP contribution in [0.15, 0.2) is 18.2 Å². The Labute approximate surface area is 108 Å². The lowest BCUT2D eigenvalue weighted by Crippen LogP contribution is -2.23. The van der Waals surface area contributed by atoms with Gasteiger partial charge in [-0.05, 0) is 37.0 Å². The van der Waals surface area contributed by atoms with Crippen LogP contribution in [0.25, 0.3) is 0 Å². The number of aliphatic hydroxyl groups is 1. The molecule has 0 unspecified atom stereocenters. The molecule has 3 nitrogen and oxygen atoms in total. The van der Waals surface area contributed by atoms with Gasteiger partial charge in [0.2, 0.25) is 0 Å². The average Bonchev–Trinajstić information content (AvgIpc) is 3.18. The molecule has 0 amide bonds.